The molecule has 1 heterocycles. The summed E-state index contributed by atoms with van der Waals surface area (Å²) in [7, 11) is 1.42. The maximum absolute atomic E-state index is 12.6. The summed E-state index contributed by atoms with van der Waals surface area (Å²) in [4.78, 5) is 3.94. The number of anilines is 1. The van der Waals surface area contributed by atoms with Gasteiger partial charge in [-0.3, -0.25) is 0 Å². The molecule has 0 aliphatic heterocycles. The molecule has 1 aromatic heterocycles. The van der Waals surface area contributed by atoms with Crippen LogP contribution in [-0.2, 0) is 6.18 Å². The number of rotatable bonds is 2. The monoisotopic (exact) mass is 268 g/mol. The van der Waals surface area contributed by atoms with Crippen molar-refractivity contribution in [1.82, 2.24) is 4.98 Å². The summed E-state index contributed by atoms with van der Waals surface area (Å²) in [6.07, 6.45) is -2.95. The summed E-state index contributed by atoms with van der Waals surface area (Å²) in [6, 6.07) is 6.52. The maximum Gasteiger partial charge on any atom is 0.416 e. The zero-order valence-electron chi connectivity index (χ0n) is 10.0. The Labute approximate surface area is 107 Å². The Morgan fingerprint density at radius 2 is 1.89 bits per heavy atom. The highest BCUT2D eigenvalue weighted by atomic mass is 19.4. The normalized spacial score (nSPS) is 11.4. The molecule has 1 aromatic carbocycles. The molecule has 0 spiro atoms. The summed E-state index contributed by atoms with van der Waals surface area (Å²) in [5.74, 6) is 0.246. The lowest BCUT2D eigenvalue weighted by atomic mass is 10.0. The molecular weight excluding hydrogens is 257 g/mol. The summed E-state index contributed by atoms with van der Waals surface area (Å²) >= 11 is 0. The fourth-order valence-corrected chi connectivity index (χ4v) is 1.67. The number of alkyl halides is 3. The molecule has 0 aliphatic rings. The second-order valence-corrected chi connectivity index (χ2v) is 3.90. The third-order valence-corrected chi connectivity index (χ3v) is 2.60. The average Bonchev–Trinajstić information content (AvgIpc) is 2.38. The summed E-state index contributed by atoms with van der Waals surface area (Å²) < 4.78 is 42.8. The highest BCUT2D eigenvalue weighted by Gasteiger charge is 2.30. The Hall–Kier alpha value is -2.24. The van der Waals surface area contributed by atoms with Gasteiger partial charge in [-0.1, -0.05) is 12.1 Å². The minimum atomic E-state index is -4.37. The van der Waals surface area contributed by atoms with Crippen LogP contribution in [-0.4, -0.2) is 12.1 Å². The Bertz CT molecular complexity index is 597. The van der Waals surface area contributed by atoms with E-state index in [0.29, 0.717) is 11.1 Å². The molecule has 0 saturated carbocycles. The van der Waals surface area contributed by atoms with Crippen LogP contribution in [0, 0.1) is 0 Å². The van der Waals surface area contributed by atoms with E-state index in [1.165, 1.54) is 25.4 Å². The van der Waals surface area contributed by atoms with Crippen LogP contribution in [0.15, 0.2) is 36.5 Å². The molecule has 3 nitrogen and oxygen atoms in total. The lowest BCUT2D eigenvalue weighted by molar-refractivity contribution is -0.137. The van der Waals surface area contributed by atoms with Gasteiger partial charge in [-0.25, -0.2) is 4.98 Å². The van der Waals surface area contributed by atoms with E-state index in [-0.39, 0.29) is 11.6 Å². The number of aromatic nitrogens is 1. The van der Waals surface area contributed by atoms with E-state index in [1.54, 1.807) is 6.07 Å². The largest absolute Gasteiger partial charge is 0.480 e. The Morgan fingerprint density at radius 1 is 1.16 bits per heavy atom. The van der Waals surface area contributed by atoms with E-state index in [4.69, 9.17) is 10.5 Å². The standard InChI is InChI=1S/C13H11F3N2O/c1-19-12-11(17)6-9(7-18-12)8-3-2-4-10(5-8)13(14,15)16/h2-7H,17H2,1H3. The molecular formula is C13H11F3N2O. The minimum absolute atomic E-state index is 0.246. The van der Waals surface area contributed by atoms with Crippen molar-refractivity contribution in [2.45, 2.75) is 6.18 Å². The molecule has 0 fully saturated rings. The number of nitrogens with zero attached hydrogens (tertiary/aromatic N) is 1. The molecule has 2 N–H and O–H groups in total. The van der Waals surface area contributed by atoms with Gasteiger partial charge < -0.3 is 10.5 Å². The molecule has 0 radical (unpaired) electrons. The SMILES string of the molecule is COc1ncc(-c2cccc(C(F)(F)F)c2)cc1N. The van der Waals surface area contributed by atoms with Crippen molar-refractivity contribution in [1.29, 1.82) is 0 Å². The summed E-state index contributed by atoms with van der Waals surface area (Å²) in [6.45, 7) is 0. The van der Waals surface area contributed by atoms with Gasteiger partial charge in [0.2, 0.25) is 5.88 Å². The second kappa shape index (κ2) is 4.79. The van der Waals surface area contributed by atoms with Crippen LogP contribution in [0.25, 0.3) is 11.1 Å². The van der Waals surface area contributed by atoms with Crippen molar-refractivity contribution in [3.8, 4) is 17.0 Å². The second-order valence-electron chi connectivity index (χ2n) is 3.90. The molecule has 0 unspecified atom stereocenters. The van der Waals surface area contributed by atoms with Crippen LogP contribution in [0.3, 0.4) is 0 Å². The number of nitrogen functional groups attached to an aromatic ring is 1. The number of halogens is 3. The first-order valence-electron chi connectivity index (χ1n) is 5.39. The van der Waals surface area contributed by atoms with E-state index in [1.807, 2.05) is 0 Å². The van der Waals surface area contributed by atoms with Crippen LogP contribution in [0.5, 0.6) is 5.88 Å². The zero-order valence-corrected chi connectivity index (χ0v) is 10.0. The number of nitrogens with two attached hydrogens (primary N) is 1. The van der Waals surface area contributed by atoms with Gasteiger partial charge in [0.1, 0.15) is 0 Å². The number of hydrogen-bond donors (Lipinski definition) is 1. The Kier molecular flexibility index (Phi) is 3.33. The highest BCUT2D eigenvalue weighted by molar-refractivity contribution is 5.68. The minimum Gasteiger partial charge on any atom is -0.480 e. The van der Waals surface area contributed by atoms with Crippen LogP contribution in [0.2, 0.25) is 0 Å². The van der Waals surface area contributed by atoms with Crippen molar-refractivity contribution in [3.05, 3.63) is 42.1 Å². The van der Waals surface area contributed by atoms with E-state index < -0.39 is 11.7 Å². The summed E-state index contributed by atoms with van der Waals surface area (Å²) in [5.41, 5.74) is 6.15. The summed E-state index contributed by atoms with van der Waals surface area (Å²) in [5, 5.41) is 0. The van der Waals surface area contributed by atoms with Gasteiger partial charge in [0, 0.05) is 11.8 Å². The smallest absolute Gasteiger partial charge is 0.416 e. The molecule has 0 amide bonds. The van der Waals surface area contributed by atoms with Gasteiger partial charge in [-0.05, 0) is 23.8 Å². The quantitative estimate of drug-likeness (QED) is 0.908. The Balaban J connectivity index is 2.45. The highest BCUT2D eigenvalue weighted by Crippen LogP contribution is 2.33. The van der Waals surface area contributed by atoms with Crippen LogP contribution >= 0.6 is 0 Å². The average molecular weight is 268 g/mol. The van der Waals surface area contributed by atoms with Crippen LogP contribution in [0.4, 0.5) is 18.9 Å². The number of benzene rings is 1. The molecule has 0 saturated heterocycles. The topological polar surface area (TPSA) is 48.1 Å². The van der Waals surface area contributed by atoms with Gasteiger partial charge in [-0.15, -0.1) is 0 Å². The molecule has 0 aliphatic carbocycles. The van der Waals surface area contributed by atoms with Crippen molar-refractivity contribution < 1.29 is 17.9 Å². The van der Waals surface area contributed by atoms with E-state index in [0.717, 1.165) is 12.1 Å². The lowest BCUT2D eigenvalue weighted by Crippen LogP contribution is -2.04. The van der Waals surface area contributed by atoms with E-state index >= 15 is 0 Å². The predicted octanol–water partition coefficient (Wildman–Crippen LogP) is 3.36. The van der Waals surface area contributed by atoms with Crippen molar-refractivity contribution in [2.75, 3.05) is 12.8 Å². The fraction of sp³-hybridized carbons (Fsp3) is 0.154. The molecule has 0 atom stereocenters. The molecule has 2 rings (SSSR count). The zero-order chi connectivity index (χ0) is 14.0. The molecule has 2 aromatic rings. The number of ether oxygens (including phenoxy) is 1. The molecule has 6 heteroatoms. The van der Waals surface area contributed by atoms with Gasteiger partial charge in [0.15, 0.2) is 0 Å². The van der Waals surface area contributed by atoms with Gasteiger partial charge in [-0.2, -0.15) is 13.2 Å². The van der Waals surface area contributed by atoms with Crippen molar-refractivity contribution >= 4 is 5.69 Å². The van der Waals surface area contributed by atoms with Crippen LogP contribution in [0.1, 0.15) is 5.56 Å². The molecule has 19 heavy (non-hydrogen) atoms. The Morgan fingerprint density at radius 3 is 2.47 bits per heavy atom. The first-order chi connectivity index (χ1) is 8.91. The lowest BCUT2D eigenvalue weighted by Gasteiger charge is -2.10. The molecule has 100 valence electrons. The first kappa shape index (κ1) is 13.2. The molecule has 0 bridgehead atoms. The third kappa shape index (κ3) is 2.78. The number of hydrogen-bond acceptors (Lipinski definition) is 3. The van der Waals surface area contributed by atoms with Crippen LogP contribution < -0.4 is 10.5 Å². The van der Waals surface area contributed by atoms with E-state index in [9.17, 15) is 13.2 Å². The van der Waals surface area contributed by atoms with Gasteiger partial charge in [0.25, 0.3) is 0 Å². The fourth-order valence-electron chi connectivity index (χ4n) is 1.67. The van der Waals surface area contributed by atoms with Gasteiger partial charge >= 0.3 is 6.18 Å². The van der Waals surface area contributed by atoms with Crippen molar-refractivity contribution in [2.24, 2.45) is 0 Å². The van der Waals surface area contributed by atoms with Crippen molar-refractivity contribution in [3.63, 3.8) is 0 Å². The van der Waals surface area contributed by atoms with Gasteiger partial charge in [0.05, 0.1) is 18.4 Å². The van der Waals surface area contributed by atoms with E-state index in [2.05, 4.69) is 4.98 Å². The first-order valence-corrected chi connectivity index (χ1v) is 5.39. The predicted molar refractivity (Wildman–Crippen MR) is 65.6 cm³/mol. The maximum atomic E-state index is 12.6. The third-order valence-electron chi connectivity index (χ3n) is 2.60. The number of pyridine rings is 1. The number of methoxy groups -OCH3 is 1.